The van der Waals surface area contributed by atoms with Crippen LogP contribution in [0.5, 0.6) is 5.75 Å². The van der Waals surface area contributed by atoms with Crippen LogP contribution in [-0.2, 0) is 16.1 Å². The van der Waals surface area contributed by atoms with Crippen LogP contribution in [0.3, 0.4) is 0 Å². The molecule has 0 amide bonds. The van der Waals surface area contributed by atoms with E-state index in [-0.39, 0.29) is 17.7 Å². The number of esters is 1. The van der Waals surface area contributed by atoms with Crippen molar-refractivity contribution in [3.05, 3.63) is 159 Å². The van der Waals surface area contributed by atoms with Crippen LogP contribution in [0.15, 0.2) is 121 Å². The molecule has 0 saturated carbocycles. The second-order valence-corrected chi connectivity index (χ2v) is 13.3. The third-order valence-corrected chi connectivity index (χ3v) is 9.39. The average Bonchev–Trinajstić information content (AvgIpc) is 3.35. The lowest BCUT2D eigenvalue weighted by Crippen LogP contribution is -2.40. The summed E-state index contributed by atoms with van der Waals surface area (Å²) in [6, 6.07) is 29.4. The van der Waals surface area contributed by atoms with E-state index in [4.69, 9.17) is 26.1 Å². The van der Waals surface area contributed by atoms with E-state index in [1.54, 1.807) is 29.7 Å². The van der Waals surface area contributed by atoms with Gasteiger partial charge in [-0.1, -0.05) is 112 Å². The molecule has 0 aliphatic carbocycles. The minimum Gasteiger partial charge on any atom is -0.487 e. The molecular formula is C35H25Br2ClN2O4S. The van der Waals surface area contributed by atoms with Gasteiger partial charge in [-0.15, -0.1) is 0 Å². The number of carbonyl (C=O) groups excluding carboxylic acids is 1. The predicted molar refractivity (Wildman–Crippen MR) is 185 cm³/mol. The molecule has 1 atom stereocenters. The number of carbonyl (C=O) groups is 1. The highest BCUT2D eigenvalue weighted by Crippen LogP contribution is 2.36. The third-order valence-electron chi connectivity index (χ3n) is 7.11. The molecule has 0 N–H and O–H groups in total. The number of ether oxygens (including phenoxy) is 2. The van der Waals surface area contributed by atoms with Crippen molar-refractivity contribution in [2.24, 2.45) is 4.99 Å². The van der Waals surface area contributed by atoms with Crippen molar-refractivity contribution in [1.82, 2.24) is 4.57 Å². The van der Waals surface area contributed by atoms with Crippen LogP contribution in [0.1, 0.15) is 35.2 Å². The second-order valence-electron chi connectivity index (χ2n) is 10.1. The molecule has 0 radical (unpaired) electrons. The Balaban J connectivity index is 1.57. The van der Waals surface area contributed by atoms with E-state index in [0.29, 0.717) is 43.5 Å². The average molecular weight is 765 g/mol. The standard InChI is InChI=1S/C35H25Br2ClN2O4S/c1-2-43-34(42)29-30(22-11-7-4-8-12-22)39-35-40(31(29)23-13-15-26(38)16-14-23)33(41)28(45-35)18-24-17-25(36)19-27(37)32(24)44-20-21-9-5-3-6-10-21/h3-19,31H,2,20H2,1H3/b28-18-/t31-/m1/s1. The van der Waals surface area contributed by atoms with Crippen molar-refractivity contribution in [3.63, 3.8) is 0 Å². The molecule has 10 heteroatoms. The maximum absolute atomic E-state index is 14.3. The first-order valence-electron chi connectivity index (χ1n) is 14.0. The number of halogens is 3. The van der Waals surface area contributed by atoms with Crippen LogP contribution >= 0.6 is 54.8 Å². The van der Waals surface area contributed by atoms with Gasteiger partial charge in [0.25, 0.3) is 5.56 Å². The van der Waals surface area contributed by atoms with Crippen molar-refractivity contribution in [1.29, 1.82) is 0 Å². The van der Waals surface area contributed by atoms with Gasteiger partial charge in [-0.05, 0) is 64.3 Å². The molecule has 6 nitrogen and oxygen atoms in total. The summed E-state index contributed by atoms with van der Waals surface area (Å²) in [5, 5.41) is 0.541. The Hall–Kier alpha value is -3.76. The van der Waals surface area contributed by atoms with Crippen LogP contribution in [-0.4, -0.2) is 17.1 Å². The van der Waals surface area contributed by atoms with Crippen molar-refractivity contribution < 1.29 is 14.3 Å². The zero-order valence-corrected chi connectivity index (χ0v) is 28.6. The molecule has 0 fully saturated rings. The van der Waals surface area contributed by atoms with Crippen molar-refractivity contribution in [2.45, 2.75) is 19.6 Å². The SMILES string of the molecule is CCOC(=O)C1=C(c2ccccc2)N=c2s/c(=C\c3cc(Br)cc(Br)c3OCc3ccccc3)c(=O)n2[C@@H]1c1ccc(Cl)cc1. The van der Waals surface area contributed by atoms with E-state index in [1.165, 1.54) is 11.3 Å². The largest absolute Gasteiger partial charge is 0.487 e. The molecule has 1 aliphatic heterocycles. The summed E-state index contributed by atoms with van der Waals surface area (Å²) >= 11 is 14.7. The molecule has 4 aromatic carbocycles. The lowest BCUT2D eigenvalue weighted by molar-refractivity contribution is -0.138. The fourth-order valence-electron chi connectivity index (χ4n) is 5.11. The monoisotopic (exact) mass is 762 g/mol. The predicted octanol–water partition coefficient (Wildman–Crippen LogP) is 7.69. The summed E-state index contributed by atoms with van der Waals surface area (Å²) < 4.78 is 15.4. The Labute approximate surface area is 285 Å². The van der Waals surface area contributed by atoms with Gasteiger partial charge in [0.2, 0.25) is 0 Å². The molecular weight excluding hydrogens is 740 g/mol. The first-order chi connectivity index (χ1) is 21.8. The minimum absolute atomic E-state index is 0.172. The number of nitrogens with zero attached hydrogens (tertiary/aromatic N) is 2. The summed E-state index contributed by atoms with van der Waals surface area (Å²) in [6.07, 6.45) is 1.80. The number of hydrogen-bond donors (Lipinski definition) is 0. The first-order valence-corrected chi connectivity index (χ1v) is 16.8. The molecule has 6 rings (SSSR count). The normalized spacial score (nSPS) is 14.6. The van der Waals surface area contributed by atoms with Gasteiger partial charge in [0, 0.05) is 20.6 Å². The van der Waals surface area contributed by atoms with Gasteiger partial charge in [-0.3, -0.25) is 9.36 Å². The fourth-order valence-corrected chi connectivity index (χ4v) is 7.60. The number of hydrogen-bond acceptors (Lipinski definition) is 6. The Bertz CT molecular complexity index is 2090. The van der Waals surface area contributed by atoms with Crippen LogP contribution in [0, 0.1) is 0 Å². The van der Waals surface area contributed by atoms with Gasteiger partial charge >= 0.3 is 5.97 Å². The van der Waals surface area contributed by atoms with Crippen LogP contribution in [0.2, 0.25) is 5.02 Å². The Kier molecular flexibility index (Phi) is 9.51. The Morgan fingerprint density at radius 2 is 1.69 bits per heavy atom. The lowest BCUT2D eigenvalue weighted by Gasteiger charge is -2.26. The van der Waals surface area contributed by atoms with Gasteiger partial charge in [0.1, 0.15) is 12.4 Å². The van der Waals surface area contributed by atoms with Gasteiger partial charge in [0.15, 0.2) is 4.80 Å². The summed E-state index contributed by atoms with van der Waals surface area (Å²) in [5.41, 5.74) is 3.60. The van der Waals surface area contributed by atoms with Crippen LogP contribution in [0.25, 0.3) is 11.8 Å². The van der Waals surface area contributed by atoms with Gasteiger partial charge < -0.3 is 9.47 Å². The first kappa shape index (κ1) is 31.2. The van der Waals surface area contributed by atoms with Crippen molar-refractivity contribution in [2.75, 3.05) is 6.61 Å². The lowest BCUT2D eigenvalue weighted by atomic mass is 9.93. The number of aromatic nitrogens is 1. The Morgan fingerprint density at radius 1 is 1.00 bits per heavy atom. The van der Waals surface area contributed by atoms with E-state index in [9.17, 15) is 9.59 Å². The molecule has 0 bridgehead atoms. The second kappa shape index (κ2) is 13.7. The smallest absolute Gasteiger partial charge is 0.338 e. The fraction of sp³-hybridized carbons (Fsp3) is 0.114. The quantitative estimate of drug-likeness (QED) is 0.152. The maximum Gasteiger partial charge on any atom is 0.338 e. The molecule has 1 aromatic heterocycles. The highest BCUT2D eigenvalue weighted by Gasteiger charge is 2.35. The molecule has 2 heterocycles. The molecule has 5 aromatic rings. The number of benzene rings is 4. The van der Waals surface area contributed by atoms with E-state index in [0.717, 1.165) is 20.1 Å². The molecule has 1 aliphatic rings. The minimum atomic E-state index is -0.794. The zero-order valence-electron chi connectivity index (χ0n) is 23.9. The molecule has 226 valence electrons. The third kappa shape index (κ3) is 6.63. The highest BCUT2D eigenvalue weighted by molar-refractivity contribution is 9.11. The number of rotatable bonds is 8. The van der Waals surface area contributed by atoms with Crippen LogP contribution < -0.4 is 19.6 Å². The van der Waals surface area contributed by atoms with E-state index in [1.807, 2.05) is 84.9 Å². The molecule has 45 heavy (non-hydrogen) atoms. The zero-order chi connectivity index (χ0) is 31.5. The summed E-state index contributed by atoms with van der Waals surface area (Å²) in [4.78, 5) is 33.3. The van der Waals surface area contributed by atoms with E-state index in [2.05, 4.69) is 31.9 Å². The van der Waals surface area contributed by atoms with E-state index < -0.39 is 12.0 Å². The highest BCUT2D eigenvalue weighted by atomic mass is 79.9. The van der Waals surface area contributed by atoms with Crippen LogP contribution in [0.4, 0.5) is 0 Å². The number of thiazole rings is 1. The maximum atomic E-state index is 14.3. The molecule has 0 spiro atoms. The summed E-state index contributed by atoms with van der Waals surface area (Å²) in [7, 11) is 0. The number of fused-ring (bicyclic) bond motifs is 1. The van der Waals surface area contributed by atoms with Crippen molar-refractivity contribution >= 4 is 72.5 Å². The van der Waals surface area contributed by atoms with Gasteiger partial charge in [0.05, 0.1) is 32.9 Å². The summed E-state index contributed by atoms with van der Waals surface area (Å²) in [6.45, 7) is 2.27. The van der Waals surface area contributed by atoms with E-state index >= 15 is 0 Å². The van der Waals surface area contributed by atoms with Gasteiger partial charge in [-0.25, -0.2) is 9.79 Å². The topological polar surface area (TPSA) is 69.9 Å². The van der Waals surface area contributed by atoms with Gasteiger partial charge in [-0.2, -0.15) is 0 Å². The Morgan fingerprint density at radius 3 is 2.38 bits per heavy atom. The molecule has 0 saturated heterocycles. The molecule has 0 unspecified atom stereocenters. The summed E-state index contributed by atoms with van der Waals surface area (Å²) in [5.74, 6) is 0.0566. The van der Waals surface area contributed by atoms with Crippen molar-refractivity contribution in [3.8, 4) is 5.75 Å².